The van der Waals surface area contributed by atoms with Crippen molar-refractivity contribution in [2.75, 3.05) is 13.1 Å². The zero-order valence-corrected chi connectivity index (χ0v) is 10.7. The van der Waals surface area contributed by atoms with Crippen molar-refractivity contribution in [2.24, 2.45) is 11.1 Å². The van der Waals surface area contributed by atoms with E-state index in [4.69, 9.17) is 16.6 Å². The summed E-state index contributed by atoms with van der Waals surface area (Å²) in [5, 5.41) is 17.2. The molecule has 0 bridgehead atoms. The average molecular weight is 236 g/mol. The second kappa shape index (κ2) is 6.50. The third-order valence-electron chi connectivity index (χ3n) is 1.62. The summed E-state index contributed by atoms with van der Waals surface area (Å²) in [6.07, 6.45) is 0. The third-order valence-corrected chi connectivity index (χ3v) is 1.62. The first kappa shape index (κ1) is 16.5. The average Bonchev–Trinajstić information content (AvgIpc) is 1.96. The van der Waals surface area contributed by atoms with E-state index in [1.54, 1.807) is 0 Å². The van der Waals surface area contributed by atoms with Gasteiger partial charge in [0.05, 0.1) is 0 Å². The Balaban J connectivity index is 0. The highest BCUT2D eigenvalue weighted by Crippen LogP contribution is 2.14. The molecule has 0 unspecified atom stereocenters. The summed E-state index contributed by atoms with van der Waals surface area (Å²) in [5.74, 6) is -0.00251. The van der Waals surface area contributed by atoms with E-state index in [2.05, 4.69) is 26.1 Å². The van der Waals surface area contributed by atoms with E-state index < -0.39 is 0 Å². The van der Waals surface area contributed by atoms with Crippen molar-refractivity contribution in [1.82, 2.24) is 10.2 Å². The normalized spacial score (nSPS) is 10.1. The van der Waals surface area contributed by atoms with Crippen molar-refractivity contribution in [3.63, 3.8) is 0 Å². The zero-order valence-electron chi connectivity index (χ0n) is 9.85. The SMILES string of the molecule is CCN(CC(C)(C)C)C(=N)NC(=N)N.Cl. The highest BCUT2D eigenvalue weighted by molar-refractivity contribution is 5.94. The molecule has 0 heterocycles. The van der Waals surface area contributed by atoms with Crippen LogP contribution in [0.1, 0.15) is 27.7 Å². The van der Waals surface area contributed by atoms with Crippen molar-refractivity contribution in [2.45, 2.75) is 27.7 Å². The van der Waals surface area contributed by atoms with Crippen molar-refractivity contribution >= 4 is 24.3 Å². The van der Waals surface area contributed by atoms with E-state index in [0.717, 1.165) is 13.1 Å². The number of hydrogen-bond donors (Lipinski definition) is 4. The molecule has 0 aliphatic rings. The van der Waals surface area contributed by atoms with Gasteiger partial charge in [-0.3, -0.25) is 16.1 Å². The molecule has 0 aromatic heterocycles. The predicted octanol–water partition coefficient (Wildman–Crippen LogP) is 1.19. The number of hydrogen-bond acceptors (Lipinski definition) is 2. The summed E-state index contributed by atoms with van der Waals surface area (Å²) in [5.41, 5.74) is 5.28. The molecule has 5 N–H and O–H groups in total. The minimum atomic E-state index is -0.192. The lowest BCUT2D eigenvalue weighted by Gasteiger charge is -2.30. The van der Waals surface area contributed by atoms with E-state index in [9.17, 15) is 0 Å². The Morgan fingerprint density at radius 2 is 1.80 bits per heavy atom. The third kappa shape index (κ3) is 8.05. The fourth-order valence-corrected chi connectivity index (χ4v) is 1.13. The molecule has 0 aromatic carbocycles. The molecule has 0 saturated heterocycles. The van der Waals surface area contributed by atoms with Crippen LogP contribution in [0.25, 0.3) is 0 Å². The van der Waals surface area contributed by atoms with Gasteiger partial charge in [-0.05, 0) is 12.3 Å². The van der Waals surface area contributed by atoms with Crippen LogP contribution in [0.15, 0.2) is 0 Å². The van der Waals surface area contributed by atoms with Gasteiger partial charge in [-0.25, -0.2) is 0 Å². The maximum absolute atomic E-state index is 7.65. The van der Waals surface area contributed by atoms with Gasteiger partial charge in [0.15, 0.2) is 11.9 Å². The minimum absolute atomic E-state index is 0. The molecule has 0 aliphatic carbocycles. The van der Waals surface area contributed by atoms with Gasteiger partial charge in [-0.2, -0.15) is 0 Å². The van der Waals surface area contributed by atoms with E-state index in [1.807, 2.05) is 11.8 Å². The Labute approximate surface area is 97.8 Å². The Morgan fingerprint density at radius 1 is 1.33 bits per heavy atom. The molecule has 0 atom stereocenters. The topological polar surface area (TPSA) is 89.0 Å². The van der Waals surface area contributed by atoms with Crippen LogP contribution in [0, 0.1) is 16.2 Å². The quantitative estimate of drug-likeness (QED) is 0.428. The molecule has 0 fully saturated rings. The maximum atomic E-state index is 7.65. The first-order valence-electron chi connectivity index (χ1n) is 4.71. The molecule has 0 radical (unpaired) electrons. The molecule has 0 rings (SSSR count). The number of rotatable bonds is 2. The van der Waals surface area contributed by atoms with Crippen LogP contribution in [0.4, 0.5) is 0 Å². The smallest absolute Gasteiger partial charge is 0.197 e. The lowest BCUT2D eigenvalue weighted by atomic mass is 9.96. The van der Waals surface area contributed by atoms with Crippen LogP contribution in [0.2, 0.25) is 0 Å². The van der Waals surface area contributed by atoms with Crippen LogP contribution in [-0.2, 0) is 0 Å². The minimum Gasteiger partial charge on any atom is -0.370 e. The molecular weight excluding hydrogens is 214 g/mol. The summed E-state index contributed by atoms with van der Waals surface area (Å²) < 4.78 is 0. The van der Waals surface area contributed by atoms with Crippen molar-refractivity contribution < 1.29 is 0 Å². The van der Waals surface area contributed by atoms with Crippen LogP contribution >= 0.6 is 12.4 Å². The second-order valence-corrected chi connectivity index (χ2v) is 4.46. The van der Waals surface area contributed by atoms with Gasteiger partial charge in [-0.15, -0.1) is 12.4 Å². The van der Waals surface area contributed by atoms with Crippen LogP contribution in [-0.4, -0.2) is 29.9 Å². The van der Waals surface area contributed by atoms with E-state index in [0.29, 0.717) is 0 Å². The Hall–Kier alpha value is -0.970. The standard InChI is InChI=1S/C9H21N5.ClH/c1-5-14(6-9(2,3)4)8(12)13-7(10)11;/h5-6H2,1-4H3,(H5,10,11,12,13);1H. The molecule has 90 valence electrons. The Bertz CT molecular complexity index is 221. The number of nitrogens with one attached hydrogen (secondary N) is 3. The van der Waals surface area contributed by atoms with Crippen LogP contribution in [0.5, 0.6) is 0 Å². The second-order valence-electron chi connectivity index (χ2n) is 4.46. The van der Waals surface area contributed by atoms with E-state index >= 15 is 0 Å². The molecule has 5 nitrogen and oxygen atoms in total. The van der Waals surface area contributed by atoms with E-state index in [-0.39, 0.29) is 29.7 Å². The number of nitrogens with two attached hydrogens (primary N) is 1. The van der Waals surface area contributed by atoms with Crippen molar-refractivity contribution in [3.05, 3.63) is 0 Å². The number of halogens is 1. The highest BCUT2D eigenvalue weighted by atomic mass is 35.5. The van der Waals surface area contributed by atoms with Crippen LogP contribution < -0.4 is 11.1 Å². The van der Waals surface area contributed by atoms with Crippen molar-refractivity contribution in [1.29, 1.82) is 10.8 Å². The maximum Gasteiger partial charge on any atom is 0.197 e. The Kier molecular flexibility index (Phi) is 7.13. The summed E-state index contributed by atoms with van der Waals surface area (Å²) in [6.45, 7) is 9.80. The number of nitrogens with zero attached hydrogens (tertiary/aromatic N) is 1. The molecule has 0 aliphatic heterocycles. The van der Waals surface area contributed by atoms with E-state index in [1.165, 1.54) is 0 Å². The highest BCUT2D eigenvalue weighted by Gasteiger charge is 2.17. The fraction of sp³-hybridized carbons (Fsp3) is 0.778. The summed E-state index contributed by atoms with van der Waals surface area (Å²) in [7, 11) is 0. The fourth-order valence-electron chi connectivity index (χ4n) is 1.13. The molecular formula is C9H22ClN5. The largest absolute Gasteiger partial charge is 0.370 e. The molecule has 0 amide bonds. The molecule has 0 aromatic rings. The van der Waals surface area contributed by atoms with Gasteiger partial charge in [0.1, 0.15) is 0 Å². The van der Waals surface area contributed by atoms with Gasteiger partial charge in [0.2, 0.25) is 0 Å². The molecule has 15 heavy (non-hydrogen) atoms. The van der Waals surface area contributed by atoms with Gasteiger partial charge in [0, 0.05) is 13.1 Å². The lowest BCUT2D eigenvalue weighted by Crippen LogP contribution is -2.48. The lowest BCUT2D eigenvalue weighted by molar-refractivity contribution is 0.277. The van der Waals surface area contributed by atoms with Gasteiger partial charge in [0.25, 0.3) is 0 Å². The van der Waals surface area contributed by atoms with Gasteiger partial charge in [-0.1, -0.05) is 20.8 Å². The van der Waals surface area contributed by atoms with Gasteiger partial charge < -0.3 is 10.6 Å². The molecule has 6 heteroatoms. The Morgan fingerprint density at radius 3 is 2.07 bits per heavy atom. The predicted molar refractivity (Wildman–Crippen MR) is 66.7 cm³/mol. The molecule has 0 saturated carbocycles. The zero-order chi connectivity index (χ0) is 11.4. The summed E-state index contributed by atoms with van der Waals surface area (Å²) in [6, 6.07) is 0. The summed E-state index contributed by atoms with van der Waals surface area (Å²) >= 11 is 0. The van der Waals surface area contributed by atoms with Gasteiger partial charge >= 0.3 is 0 Å². The first-order valence-corrected chi connectivity index (χ1v) is 4.71. The van der Waals surface area contributed by atoms with Crippen molar-refractivity contribution in [3.8, 4) is 0 Å². The first-order chi connectivity index (χ1) is 6.26. The summed E-state index contributed by atoms with van der Waals surface area (Å²) in [4.78, 5) is 1.85. The molecule has 0 spiro atoms. The van der Waals surface area contributed by atoms with Crippen LogP contribution in [0.3, 0.4) is 0 Å². The monoisotopic (exact) mass is 235 g/mol. The number of guanidine groups is 2.